The SMILES string of the molecule is N#CCCCOCCOc1ccccc1. The van der Waals surface area contributed by atoms with Gasteiger partial charge in [-0.2, -0.15) is 5.26 Å². The van der Waals surface area contributed by atoms with E-state index in [1.807, 2.05) is 30.3 Å². The van der Waals surface area contributed by atoms with Crippen LogP contribution in [0.25, 0.3) is 0 Å². The summed E-state index contributed by atoms with van der Waals surface area (Å²) in [5, 5.41) is 8.29. The molecule has 0 atom stereocenters. The summed E-state index contributed by atoms with van der Waals surface area (Å²) in [4.78, 5) is 0. The maximum atomic E-state index is 8.29. The minimum absolute atomic E-state index is 0.552. The lowest BCUT2D eigenvalue weighted by molar-refractivity contribution is 0.0990. The van der Waals surface area contributed by atoms with Crippen LogP contribution in [0.3, 0.4) is 0 Å². The molecule has 80 valence electrons. The van der Waals surface area contributed by atoms with E-state index in [9.17, 15) is 0 Å². The Morgan fingerprint density at radius 3 is 2.60 bits per heavy atom. The summed E-state index contributed by atoms with van der Waals surface area (Å²) in [6, 6.07) is 11.7. The lowest BCUT2D eigenvalue weighted by Gasteiger charge is -2.05. The van der Waals surface area contributed by atoms with Gasteiger partial charge in [-0.3, -0.25) is 0 Å². The highest BCUT2D eigenvalue weighted by atomic mass is 16.5. The first kappa shape index (κ1) is 11.5. The predicted octanol–water partition coefficient (Wildman–Crippen LogP) is 2.39. The Bertz CT molecular complexity index is 292. The van der Waals surface area contributed by atoms with Gasteiger partial charge in [0.05, 0.1) is 12.7 Å². The van der Waals surface area contributed by atoms with E-state index in [-0.39, 0.29) is 0 Å². The van der Waals surface area contributed by atoms with Crippen molar-refractivity contribution in [2.45, 2.75) is 12.8 Å². The zero-order valence-electron chi connectivity index (χ0n) is 8.69. The van der Waals surface area contributed by atoms with Gasteiger partial charge in [0, 0.05) is 13.0 Å². The molecule has 1 aromatic carbocycles. The van der Waals surface area contributed by atoms with Gasteiger partial charge < -0.3 is 9.47 Å². The van der Waals surface area contributed by atoms with E-state index in [1.165, 1.54) is 0 Å². The predicted molar refractivity (Wildman–Crippen MR) is 57.6 cm³/mol. The highest BCUT2D eigenvalue weighted by molar-refractivity contribution is 5.20. The molecule has 0 saturated heterocycles. The normalized spacial score (nSPS) is 9.53. The number of ether oxygens (including phenoxy) is 2. The number of hydrogen-bond donors (Lipinski definition) is 0. The Morgan fingerprint density at radius 2 is 1.87 bits per heavy atom. The zero-order valence-corrected chi connectivity index (χ0v) is 8.69. The van der Waals surface area contributed by atoms with Gasteiger partial charge in [0.25, 0.3) is 0 Å². The number of para-hydroxylation sites is 1. The van der Waals surface area contributed by atoms with Crippen LogP contribution in [0.1, 0.15) is 12.8 Å². The topological polar surface area (TPSA) is 42.2 Å². The molecule has 0 saturated carbocycles. The average Bonchev–Trinajstić information content (AvgIpc) is 2.29. The maximum absolute atomic E-state index is 8.29. The quantitative estimate of drug-likeness (QED) is 0.642. The standard InChI is InChI=1S/C12H15NO2/c13-8-4-5-9-14-10-11-15-12-6-2-1-3-7-12/h1-3,6-7H,4-5,9-11H2. The molecule has 0 N–H and O–H groups in total. The van der Waals surface area contributed by atoms with Crippen LogP contribution in [0.4, 0.5) is 0 Å². The molecule has 0 spiro atoms. The van der Waals surface area contributed by atoms with Crippen LogP contribution in [0, 0.1) is 11.3 Å². The van der Waals surface area contributed by atoms with E-state index >= 15 is 0 Å². The molecule has 0 fully saturated rings. The Labute approximate surface area is 90.2 Å². The Kier molecular flexibility index (Phi) is 6.03. The van der Waals surface area contributed by atoms with Crippen LogP contribution in [0.15, 0.2) is 30.3 Å². The molecule has 1 rings (SSSR count). The van der Waals surface area contributed by atoms with Crippen LogP contribution < -0.4 is 4.74 Å². The summed E-state index contributed by atoms with van der Waals surface area (Å²) in [7, 11) is 0. The van der Waals surface area contributed by atoms with Crippen LogP contribution >= 0.6 is 0 Å². The van der Waals surface area contributed by atoms with Crippen molar-refractivity contribution in [1.29, 1.82) is 5.26 Å². The molecule has 0 radical (unpaired) electrons. The number of unbranched alkanes of at least 4 members (excludes halogenated alkanes) is 1. The lowest BCUT2D eigenvalue weighted by Crippen LogP contribution is -2.07. The minimum Gasteiger partial charge on any atom is -0.491 e. The lowest BCUT2D eigenvalue weighted by atomic mass is 10.3. The third kappa shape index (κ3) is 5.71. The first-order valence-electron chi connectivity index (χ1n) is 5.06. The highest BCUT2D eigenvalue weighted by Crippen LogP contribution is 2.07. The van der Waals surface area contributed by atoms with Gasteiger partial charge in [0.1, 0.15) is 12.4 Å². The molecule has 0 aliphatic rings. The Hall–Kier alpha value is -1.53. The fourth-order valence-electron chi connectivity index (χ4n) is 1.09. The second kappa shape index (κ2) is 7.84. The third-order valence-electron chi connectivity index (χ3n) is 1.82. The van der Waals surface area contributed by atoms with Gasteiger partial charge in [-0.1, -0.05) is 18.2 Å². The fraction of sp³-hybridized carbons (Fsp3) is 0.417. The second-order valence-corrected chi connectivity index (χ2v) is 3.04. The van der Waals surface area contributed by atoms with Crippen molar-refractivity contribution < 1.29 is 9.47 Å². The third-order valence-corrected chi connectivity index (χ3v) is 1.82. The average molecular weight is 205 g/mol. The largest absolute Gasteiger partial charge is 0.491 e. The summed E-state index contributed by atoms with van der Waals surface area (Å²) >= 11 is 0. The first-order chi connectivity index (χ1) is 7.43. The van der Waals surface area contributed by atoms with Crippen LogP contribution in [0.5, 0.6) is 5.75 Å². The molecule has 15 heavy (non-hydrogen) atoms. The molecule has 0 aliphatic carbocycles. The van der Waals surface area contributed by atoms with Crippen LogP contribution in [-0.2, 0) is 4.74 Å². The summed E-state index contributed by atoms with van der Waals surface area (Å²) in [6.07, 6.45) is 1.35. The van der Waals surface area contributed by atoms with E-state index in [0.717, 1.165) is 12.2 Å². The van der Waals surface area contributed by atoms with E-state index < -0.39 is 0 Å². The van der Waals surface area contributed by atoms with E-state index in [1.54, 1.807) is 0 Å². The number of nitrogens with zero attached hydrogens (tertiary/aromatic N) is 1. The van der Waals surface area contributed by atoms with Crippen molar-refractivity contribution >= 4 is 0 Å². The van der Waals surface area contributed by atoms with Gasteiger partial charge in [-0.25, -0.2) is 0 Å². The van der Waals surface area contributed by atoms with E-state index in [0.29, 0.717) is 26.2 Å². The fourth-order valence-corrected chi connectivity index (χ4v) is 1.09. The Balaban J connectivity index is 1.96. The molecule has 0 bridgehead atoms. The summed E-state index contributed by atoms with van der Waals surface area (Å²) in [5.41, 5.74) is 0. The molecule has 0 heterocycles. The molecule has 1 aromatic rings. The minimum atomic E-state index is 0.552. The molecule has 0 amide bonds. The molecule has 0 unspecified atom stereocenters. The number of nitriles is 1. The molecule has 0 aromatic heterocycles. The van der Waals surface area contributed by atoms with Gasteiger partial charge in [0.2, 0.25) is 0 Å². The molecule has 3 nitrogen and oxygen atoms in total. The first-order valence-corrected chi connectivity index (χ1v) is 5.06. The summed E-state index contributed by atoms with van der Waals surface area (Å²) < 4.78 is 10.7. The van der Waals surface area contributed by atoms with Gasteiger partial charge in [-0.15, -0.1) is 0 Å². The van der Waals surface area contributed by atoms with E-state index in [4.69, 9.17) is 14.7 Å². The van der Waals surface area contributed by atoms with Crippen molar-refractivity contribution in [2.24, 2.45) is 0 Å². The van der Waals surface area contributed by atoms with Crippen molar-refractivity contribution in [3.63, 3.8) is 0 Å². The van der Waals surface area contributed by atoms with Gasteiger partial charge in [-0.05, 0) is 18.6 Å². The van der Waals surface area contributed by atoms with Gasteiger partial charge >= 0.3 is 0 Å². The second-order valence-electron chi connectivity index (χ2n) is 3.04. The monoisotopic (exact) mass is 205 g/mol. The van der Waals surface area contributed by atoms with E-state index in [2.05, 4.69) is 6.07 Å². The summed E-state index contributed by atoms with van der Waals surface area (Å²) in [5.74, 6) is 0.859. The molecule has 3 heteroatoms. The number of hydrogen-bond acceptors (Lipinski definition) is 3. The molecule has 0 aliphatic heterocycles. The van der Waals surface area contributed by atoms with Crippen molar-refractivity contribution in [3.8, 4) is 11.8 Å². The van der Waals surface area contributed by atoms with Crippen LogP contribution in [0.2, 0.25) is 0 Å². The maximum Gasteiger partial charge on any atom is 0.119 e. The Morgan fingerprint density at radius 1 is 1.07 bits per heavy atom. The van der Waals surface area contributed by atoms with Crippen molar-refractivity contribution in [1.82, 2.24) is 0 Å². The number of benzene rings is 1. The zero-order chi connectivity index (χ0) is 10.8. The highest BCUT2D eigenvalue weighted by Gasteiger charge is 1.92. The van der Waals surface area contributed by atoms with Crippen molar-refractivity contribution in [2.75, 3.05) is 19.8 Å². The molecular formula is C12H15NO2. The van der Waals surface area contributed by atoms with Crippen LogP contribution in [-0.4, -0.2) is 19.8 Å². The smallest absolute Gasteiger partial charge is 0.119 e. The van der Waals surface area contributed by atoms with Crippen molar-refractivity contribution in [3.05, 3.63) is 30.3 Å². The summed E-state index contributed by atoms with van der Waals surface area (Å²) in [6.45, 7) is 1.75. The van der Waals surface area contributed by atoms with Gasteiger partial charge in [0.15, 0.2) is 0 Å². The number of rotatable bonds is 7. The molecular weight excluding hydrogens is 190 g/mol.